The van der Waals surface area contributed by atoms with Crippen LogP contribution in [0.5, 0.6) is 5.75 Å². The Balaban J connectivity index is 2.24. The minimum absolute atomic E-state index is 0.170. The summed E-state index contributed by atoms with van der Waals surface area (Å²) in [6, 6.07) is 8.52. The van der Waals surface area contributed by atoms with Crippen molar-refractivity contribution in [3.8, 4) is 5.75 Å². The van der Waals surface area contributed by atoms with Crippen LogP contribution in [0.1, 0.15) is 43.1 Å². The number of rotatable bonds is 7. The van der Waals surface area contributed by atoms with Gasteiger partial charge in [0.2, 0.25) is 0 Å². The second-order valence-corrected chi connectivity index (χ2v) is 5.22. The van der Waals surface area contributed by atoms with E-state index < -0.39 is 0 Å². The summed E-state index contributed by atoms with van der Waals surface area (Å²) in [5, 5.41) is 7.89. The highest BCUT2D eigenvalue weighted by Crippen LogP contribution is 2.26. The Morgan fingerprint density at radius 1 is 1.24 bits per heavy atom. The summed E-state index contributed by atoms with van der Waals surface area (Å²) in [6.07, 6.45) is 2.97. The molecular weight excluding hydrogens is 262 g/mol. The number of benzene rings is 1. The maximum absolute atomic E-state index is 5.65. The van der Waals surface area contributed by atoms with Crippen molar-refractivity contribution in [1.82, 2.24) is 15.1 Å². The van der Waals surface area contributed by atoms with Gasteiger partial charge in [-0.1, -0.05) is 26.0 Å². The zero-order valence-electron chi connectivity index (χ0n) is 13.4. The first-order valence-electron chi connectivity index (χ1n) is 7.62. The Labute approximate surface area is 127 Å². The molecular formula is C17H25N3O. The molecule has 1 aromatic heterocycles. The van der Waals surface area contributed by atoms with Gasteiger partial charge in [0.05, 0.1) is 18.8 Å². The van der Waals surface area contributed by atoms with Gasteiger partial charge in [-0.25, -0.2) is 0 Å². The average molecular weight is 287 g/mol. The Bertz CT molecular complexity index is 560. The lowest BCUT2D eigenvalue weighted by Gasteiger charge is -2.19. The largest absolute Gasteiger partial charge is 0.494 e. The molecule has 1 aromatic carbocycles. The monoisotopic (exact) mass is 287 g/mol. The molecule has 1 N–H and O–H groups in total. The topological polar surface area (TPSA) is 39.1 Å². The van der Waals surface area contributed by atoms with E-state index >= 15 is 0 Å². The van der Waals surface area contributed by atoms with Crippen molar-refractivity contribution in [3.63, 3.8) is 0 Å². The Hall–Kier alpha value is -1.81. The number of ether oxygens (including phenoxy) is 1. The highest BCUT2D eigenvalue weighted by molar-refractivity contribution is 5.36. The third-order valence-corrected chi connectivity index (χ3v) is 3.68. The molecule has 0 aliphatic carbocycles. The molecule has 1 heterocycles. The predicted octanol–water partition coefficient (Wildman–Crippen LogP) is 3.22. The van der Waals surface area contributed by atoms with Crippen molar-refractivity contribution in [2.45, 2.75) is 33.2 Å². The van der Waals surface area contributed by atoms with E-state index in [1.807, 2.05) is 30.1 Å². The van der Waals surface area contributed by atoms with Crippen LogP contribution in [0.25, 0.3) is 0 Å². The zero-order chi connectivity index (χ0) is 15.2. The molecule has 0 aliphatic heterocycles. The summed E-state index contributed by atoms with van der Waals surface area (Å²) in [4.78, 5) is 0. The molecule has 0 saturated heterocycles. The van der Waals surface area contributed by atoms with E-state index in [0.717, 1.165) is 25.3 Å². The Kier molecular flexibility index (Phi) is 5.39. The number of hydrogen-bond donors (Lipinski definition) is 1. The van der Waals surface area contributed by atoms with Gasteiger partial charge in [0.1, 0.15) is 5.75 Å². The van der Waals surface area contributed by atoms with E-state index in [4.69, 9.17) is 4.74 Å². The van der Waals surface area contributed by atoms with Gasteiger partial charge in [-0.3, -0.25) is 4.68 Å². The molecule has 2 rings (SSSR count). The van der Waals surface area contributed by atoms with Gasteiger partial charge >= 0.3 is 0 Å². The zero-order valence-corrected chi connectivity index (χ0v) is 13.4. The smallest absolute Gasteiger partial charge is 0.119 e. The number of hydrogen-bond acceptors (Lipinski definition) is 3. The number of aromatic nitrogens is 2. The molecule has 2 aromatic rings. The van der Waals surface area contributed by atoms with Gasteiger partial charge in [-0.05, 0) is 37.6 Å². The second-order valence-electron chi connectivity index (χ2n) is 5.22. The van der Waals surface area contributed by atoms with Crippen LogP contribution >= 0.6 is 0 Å². The number of aryl methyl sites for hydroxylation is 1. The molecule has 114 valence electrons. The fourth-order valence-electron chi connectivity index (χ4n) is 2.39. The third-order valence-electron chi connectivity index (χ3n) is 3.68. The summed E-state index contributed by atoms with van der Waals surface area (Å²) >= 11 is 0. The van der Waals surface area contributed by atoms with Crippen LogP contribution in [0.2, 0.25) is 0 Å². The minimum atomic E-state index is 0.170. The van der Waals surface area contributed by atoms with Crippen LogP contribution in [0, 0.1) is 6.92 Å². The highest BCUT2D eigenvalue weighted by atomic mass is 16.5. The van der Waals surface area contributed by atoms with E-state index in [1.165, 1.54) is 16.8 Å². The van der Waals surface area contributed by atoms with E-state index in [-0.39, 0.29) is 6.04 Å². The SMILES string of the molecule is CCCOc1ccc(C(NCC)c2cnn(C)c2C)cc1. The molecule has 1 unspecified atom stereocenters. The molecule has 0 bridgehead atoms. The molecule has 0 saturated carbocycles. The average Bonchev–Trinajstić information content (AvgIpc) is 2.83. The van der Waals surface area contributed by atoms with Crippen LogP contribution < -0.4 is 10.1 Å². The summed E-state index contributed by atoms with van der Waals surface area (Å²) in [5.74, 6) is 0.929. The van der Waals surface area contributed by atoms with Crippen LogP contribution in [0.15, 0.2) is 30.5 Å². The van der Waals surface area contributed by atoms with Crippen molar-refractivity contribution >= 4 is 0 Å². The first kappa shape index (κ1) is 15.6. The molecule has 0 aliphatic rings. The van der Waals surface area contributed by atoms with E-state index in [2.05, 4.69) is 43.3 Å². The molecule has 0 amide bonds. The lowest BCUT2D eigenvalue weighted by Crippen LogP contribution is -2.22. The van der Waals surface area contributed by atoms with Gasteiger partial charge in [0.25, 0.3) is 0 Å². The lowest BCUT2D eigenvalue weighted by molar-refractivity contribution is 0.317. The van der Waals surface area contributed by atoms with Crippen LogP contribution in [-0.2, 0) is 7.05 Å². The van der Waals surface area contributed by atoms with E-state index in [1.54, 1.807) is 0 Å². The van der Waals surface area contributed by atoms with Crippen molar-refractivity contribution in [2.24, 2.45) is 7.05 Å². The molecule has 4 nitrogen and oxygen atoms in total. The fourth-order valence-corrected chi connectivity index (χ4v) is 2.39. The Morgan fingerprint density at radius 3 is 2.48 bits per heavy atom. The van der Waals surface area contributed by atoms with Gasteiger partial charge in [-0.15, -0.1) is 0 Å². The molecule has 4 heteroatoms. The number of nitrogens with zero attached hydrogens (tertiary/aromatic N) is 2. The number of nitrogens with one attached hydrogen (secondary N) is 1. The van der Waals surface area contributed by atoms with Crippen molar-refractivity contribution in [3.05, 3.63) is 47.3 Å². The van der Waals surface area contributed by atoms with Crippen LogP contribution in [0.3, 0.4) is 0 Å². The standard InChI is InChI=1S/C17H25N3O/c1-5-11-21-15-9-7-14(8-10-15)17(18-6-2)16-12-19-20(4)13(16)3/h7-10,12,17-18H,5-6,11H2,1-4H3. The molecule has 0 radical (unpaired) electrons. The summed E-state index contributed by atoms with van der Waals surface area (Å²) < 4.78 is 7.56. The van der Waals surface area contributed by atoms with Crippen molar-refractivity contribution in [2.75, 3.05) is 13.2 Å². The molecule has 21 heavy (non-hydrogen) atoms. The maximum Gasteiger partial charge on any atom is 0.119 e. The lowest BCUT2D eigenvalue weighted by atomic mass is 9.99. The Morgan fingerprint density at radius 2 is 1.95 bits per heavy atom. The van der Waals surface area contributed by atoms with E-state index in [9.17, 15) is 0 Å². The molecule has 0 spiro atoms. The van der Waals surface area contributed by atoms with Gasteiger partial charge in [-0.2, -0.15) is 5.10 Å². The van der Waals surface area contributed by atoms with Crippen LogP contribution in [-0.4, -0.2) is 22.9 Å². The molecule has 1 atom stereocenters. The van der Waals surface area contributed by atoms with Crippen molar-refractivity contribution < 1.29 is 4.74 Å². The summed E-state index contributed by atoms with van der Waals surface area (Å²) in [6.45, 7) is 8.01. The summed E-state index contributed by atoms with van der Waals surface area (Å²) in [7, 11) is 1.98. The van der Waals surface area contributed by atoms with Crippen LogP contribution in [0.4, 0.5) is 0 Å². The quantitative estimate of drug-likeness (QED) is 0.850. The van der Waals surface area contributed by atoms with Gasteiger partial charge in [0.15, 0.2) is 0 Å². The maximum atomic E-state index is 5.65. The van der Waals surface area contributed by atoms with Crippen molar-refractivity contribution in [1.29, 1.82) is 0 Å². The minimum Gasteiger partial charge on any atom is -0.494 e. The fraction of sp³-hybridized carbons (Fsp3) is 0.471. The predicted molar refractivity (Wildman–Crippen MR) is 85.7 cm³/mol. The second kappa shape index (κ2) is 7.27. The van der Waals surface area contributed by atoms with E-state index in [0.29, 0.717) is 0 Å². The van der Waals surface area contributed by atoms with Gasteiger partial charge in [0, 0.05) is 18.3 Å². The highest BCUT2D eigenvalue weighted by Gasteiger charge is 2.17. The summed E-state index contributed by atoms with van der Waals surface area (Å²) in [5.41, 5.74) is 3.64. The third kappa shape index (κ3) is 3.64. The molecule has 0 fully saturated rings. The van der Waals surface area contributed by atoms with Gasteiger partial charge < -0.3 is 10.1 Å². The normalized spacial score (nSPS) is 12.4. The first-order valence-corrected chi connectivity index (χ1v) is 7.62. The first-order chi connectivity index (χ1) is 10.2.